The van der Waals surface area contributed by atoms with Crippen molar-refractivity contribution >= 4 is 17.3 Å². The molecule has 6 heteroatoms. The van der Waals surface area contributed by atoms with Crippen LogP contribution in [0.25, 0.3) is 10.4 Å². The molecule has 0 atom stereocenters. The van der Waals surface area contributed by atoms with Gasteiger partial charge in [-0.05, 0) is 17.7 Å². The van der Waals surface area contributed by atoms with E-state index in [1.54, 1.807) is 0 Å². The maximum atomic E-state index is 12.7. The first-order valence-electron chi connectivity index (χ1n) is 4.30. The van der Waals surface area contributed by atoms with Crippen molar-refractivity contribution in [2.75, 3.05) is 0 Å². The molecule has 82 valence electrons. The second-order valence-corrected chi connectivity index (χ2v) is 4.01. The first kappa shape index (κ1) is 10.6. The van der Waals surface area contributed by atoms with E-state index in [1.807, 2.05) is 0 Å². The Morgan fingerprint density at radius 2 is 1.94 bits per heavy atom. The van der Waals surface area contributed by atoms with Gasteiger partial charge in [0.25, 0.3) is 0 Å². The summed E-state index contributed by atoms with van der Waals surface area (Å²) in [5, 5.41) is 8.86. The van der Waals surface area contributed by atoms with Crippen molar-refractivity contribution in [3.63, 3.8) is 0 Å². The predicted molar refractivity (Wildman–Crippen MR) is 57.3 cm³/mol. The molecule has 0 aliphatic heterocycles. The molecular weight excluding hydrogens is 233 g/mol. The minimum Gasteiger partial charge on any atom is -0.477 e. The molecule has 2 N–H and O–H groups in total. The number of carboxylic acid groups (broad SMARTS) is 1. The molecule has 0 fully saturated rings. The van der Waals surface area contributed by atoms with Crippen molar-refractivity contribution in [1.82, 2.24) is 4.98 Å². The lowest BCUT2D eigenvalue weighted by Gasteiger charge is -1.98. The van der Waals surface area contributed by atoms with Crippen molar-refractivity contribution in [3.05, 3.63) is 45.4 Å². The number of rotatable bonds is 2. The average molecular weight is 239 g/mol. The number of benzene rings is 1. The van der Waals surface area contributed by atoms with Crippen LogP contribution in [0.15, 0.2) is 29.1 Å². The van der Waals surface area contributed by atoms with Gasteiger partial charge < -0.3 is 10.1 Å². The smallest absolute Gasteiger partial charge is 0.353 e. The summed E-state index contributed by atoms with van der Waals surface area (Å²) in [5.74, 6) is -1.62. The van der Waals surface area contributed by atoms with Crippen LogP contribution in [-0.2, 0) is 0 Å². The van der Waals surface area contributed by atoms with Crippen LogP contribution in [0, 0.1) is 5.82 Å². The first-order valence-corrected chi connectivity index (χ1v) is 5.12. The minimum absolute atomic E-state index is 0.165. The average Bonchev–Trinajstić information content (AvgIpc) is 2.61. The van der Waals surface area contributed by atoms with Gasteiger partial charge in [0.15, 0.2) is 0 Å². The lowest BCUT2D eigenvalue weighted by Crippen LogP contribution is -2.02. The molecule has 0 bridgehead atoms. The third kappa shape index (κ3) is 1.87. The molecule has 2 rings (SSSR count). The number of aromatic amines is 1. The molecule has 2 aromatic rings. The van der Waals surface area contributed by atoms with Crippen LogP contribution < -0.4 is 4.87 Å². The fraction of sp³-hybridized carbons (Fsp3) is 0. The first-order chi connectivity index (χ1) is 7.58. The van der Waals surface area contributed by atoms with E-state index in [1.165, 1.54) is 24.3 Å². The van der Waals surface area contributed by atoms with Crippen molar-refractivity contribution in [2.24, 2.45) is 0 Å². The molecule has 1 aromatic carbocycles. The molecule has 1 heterocycles. The van der Waals surface area contributed by atoms with E-state index in [4.69, 9.17) is 5.11 Å². The Bertz CT molecular complexity index is 585. The number of aromatic nitrogens is 1. The van der Waals surface area contributed by atoms with Gasteiger partial charge in [-0.3, -0.25) is 4.79 Å². The third-order valence-electron chi connectivity index (χ3n) is 1.97. The topological polar surface area (TPSA) is 70.2 Å². The summed E-state index contributed by atoms with van der Waals surface area (Å²) in [6.45, 7) is 0. The summed E-state index contributed by atoms with van der Waals surface area (Å²) < 4.78 is 12.7. The second-order valence-electron chi connectivity index (χ2n) is 3.03. The molecule has 0 aliphatic carbocycles. The highest BCUT2D eigenvalue weighted by molar-refractivity contribution is 7.13. The molecule has 0 amide bonds. The largest absolute Gasteiger partial charge is 0.477 e. The molecule has 1 aromatic heterocycles. The maximum Gasteiger partial charge on any atom is 0.353 e. The number of carboxylic acids is 1. The minimum atomic E-state index is -1.21. The number of halogens is 1. The van der Waals surface area contributed by atoms with Crippen LogP contribution in [0.4, 0.5) is 4.39 Å². The molecule has 0 aliphatic rings. The van der Waals surface area contributed by atoms with Crippen LogP contribution >= 0.6 is 11.3 Å². The van der Waals surface area contributed by atoms with E-state index in [-0.39, 0.29) is 5.69 Å². The van der Waals surface area contributed by atoms with Gasteiger partial charge in [0.05, 0.1) is 4.88 Å². The molecule has 4 nitrogen and oxygen atoms in total. The van der Waals surface area contributed by atoms with Gasteiger partial charge in [-0.25, -0.2) is 9.18 Å². The van der Waals surface area contributed by atoms with Gasteiger partial charge in [0.2, 0.25) is 0 Å². The number of H-pyrrole nitrogens is 1. The van der Waals surface area contributed by atoms with E-state index in [9.17, 15) is 14.0 Å². The molecule has 0 spiro atoms. The van der Waals surface area contributed by atoms with E-state index < -0.39 is 16.7 Å². The highest BCUT2D eigenvalue weighted by atomic mass is 32.1. The fourth-order valence-electron chi connectivity index (χ4n) is 1.28. The normalized spacial score (nSPS) is 10.3. The summed E-state index contributed by atoms with van der Waals surface area (Å²) in [6, 6.07) is 5.29. The number of thiazole rings is 1. The van der Waals surface area contributed by atoms with Gasteiger partial charge in [0.1, 0.15) is 11.5 Å². The quantitative estimate of drug-likeness (QED) is 0.841. The summed E-state index contributed by atoms with van der Waals surface area (Å²) in [4.78, 5) is 24.0. The van der Waals surface area contributed by atoms with Gasteiger partial charge >= 0.3 is 10.8 Å². The molecule has 0 radical (unpaired) electrons. The van der Waals surface area contributed by atoms with Gasteiger partial charge in [-0.1, -0.05) is 23.5 Å². The Kier molecular flexibility index (Phi) is 2.57. The van der Waals surface area contributed by atoms with Crippen LogP contribution in [-0.4, -0.2) is 16.1 Å². The number of carbonyl (C=O) groups is 1. The SMILES string of the molecule is O=C(O)c1[nH]c(=O)sc1-c1ccc(F)cc1. The van der Waals surface area contributed by atoms with Crippen molar-refractivity contribution in [3.8, 4) is 10.4 Å². The maximum absolute atomic E-state index is 12.7. The van der Waals surface area contributed by atoms with Crippen LogP contribution in [0.2, 0.25) is 0 Å². The zero-order chi connectivity index (χ0) is 11.7. The summed E-state index contributed by atoms with van der Waals surface area (Å²) in [7, 11) is 0. The molecular formula is C10H6FNO3S. The van der Waals surface area contributed by atoms with Crippen LogP contribution in [0.3, 0.4) is 0 Å². The van der Waals surface area contributed by atoms with E-state index in [2.05, 4.69) is 4.98 Å². The number of aromatic carboxylic acids is 1. The lowest BCUT2D eigenvalue weighted by atomic mass is 10.1. The second kappa shape index (κ2) is 3.90. The van der Waals surface area contributed by atoms with E-state index in [0.29, 0.717) is 10.4 Å². The highest BCUT2D eigenvalue weighted by Gasteiger charge is 2.16. The number of hydrogen-bond acceptors (Lipinski definition) is 3. The fourth-order valence-corrected chi connectivity index (χ4v) is 2.12. The molecule has 0 unspecified atom stereocenters. The van der Waals surface area contributed by atoms with Crippen molar-refractivity contribution in [1.29, 1.82) is 0 Å². The van der Waals surface area contributed by atoms with Crippen LogP contribution in [0.1, 0.15) is 10.5 Å². The zero-order valence-corrected chi connectivity index (χ0v) is 8.68. The standard InChI is InChI=1S/C10H6FNO3S/c11-6-3-1-5(2-4-6)8-7(9(13)14)12-10(15)16-8/h1-4H,(H,12,15)(H,13,14). The summed E-state index contributed by atoms with van der Waals surface area (Å²) in [5.41, 5.74) is 0.337. The number of hydrogen-bond donors (Lipinski definition) is 2. The molecule has 16 heavy (non-hydrogen) atoms. The Morgan fingerprint density at radius 1 is 1.31 bits per heavy atom. The Hall–Kier alpha value is -1.95. The summed E-state index contributed by atoms with van der Waals surface area (Å²) in [6.07, 6.45) is 0. The highest BCUT2D eigenvalue weighted by Crippen LogP contribution is 2.25. The number of nitrogens with one attached hydrogen (secondary N) is 1. The molecule has 0 saturated carbocycles. The Morgan fingerprint density at radius 3 is 2.50 bits per heavy atom. The lowest BCUT2D eigenvalue weighted by molar-refractivity contribution is 0.0692. The third-order valence-corrected chi connectivity index (χ3v) is 2.90. The molecule has 0 saturated heterocycles. The van der Waals surface area contributed by atoms with Gasteiger partial charge in [-0.15, -0.1) is 0 Å². The van der Waals surface area contributed by atoms with Gasteiger partial charge in [0, 0.05) is 0 Å². The van der Waals surface area contributed by atoms with Crippen molar-refractivity contribution < 1.29 is 14.3 Å². The van der Waals surface area contributed by atoms with E-state index >= 15 is 0 Å². The zero-order valence-electron chi connectivity index (χ0n) is 7.86. The van der Waals surface area contributed by atoms with Crippen LogP contribution in [0.5, 0.6) is 0 Å². The van der Waals surface area contributed by atoms with Gasteiger partial charge in [-0.2, -0.15) is 0 Å². The Balaban J connectivity index is 2.59. The van der Waals surface area contributed by atoms with E-state index in [0.717, 1.165) is 11.3 Å². The van der Waals surface area contributed by atoms with Crippen molar-refractivity contribution in [2.45, 2.75) is 0 Å². The Labute approximate surface area is 93.0 Å². The summed E-state index contributed by atoms with van der Waals surface area (Å²) >= 11 is 0.787. The predicted octanol–water partition coefficient (Wildman–Crippen LogP) is 1.94. The monoisotopic (exact) mass is 239 g/mol.